The Labute approximate surface area is 48.8 Å². The van der Waals surface area contributed by atoms with E-state index in [4.69, 9.17) is 5.11 Å². The van der Waals surface area contributed by atoms with Crippen LogP contribution in [0.5, 0.6) is 0 Å². The lowest BCUT2D eigenvalue weighted by molar-refractivity contribution is -0.121. The van der Waals surface area contributed by atoms with E-state index in [1.807, 2.05) is 0 Å². The Kier molecular flexibility index (Phi) is 2.42. The van der Waals surface area contributed by atoms with Crippen molar-refractivity contribution in [1.82, 2.24) is 0 Å². The van der Waals surface area contributed by atoms with E-state index in [9.17, 15) is 4.79 Å². The van der Waals surface area contributed by atoms with Crippen molar-refractivity contribution < 1.29 is 9.90 Å². The van der Waals surface area contributed by atoms with Crippen molar-refractivity contribution in [1.29, 1.82) is 0 Å². The first-order valence-corrected chi connectivity index (χ1v) is 2.26. The van der Waals surface area contributed by atoms with Gasteiger partial charge in [-0.05, 0) is 19.4 Å². The van der Waals surface area contributed by atoms with Crippen LogP contribution in [0.15, 0.2) is 12.2 Å². The lowest BCUT2D eigenvalue weighted by atomic mass is 10.1. The molecule has 2 nitrogen and oxygen atoms in total. The second kappa shape index (κ2) is 2.62. The van der Waals surface area contributed by atoms with Crippen molar-refractivity contribution in [2.45, 2.75) is 13.0 Å². The Morgan fingerprint density at radius 1 is 1.75 bits per heavy atom. The molecule has 0 saturated heterocycles. The van der Waals surface area contributed by atoms with E-state index in [-0.39, 0.29) is 0 Å². The highest BCUT2D eigenvalue weighted by molar-refractivity contribution is 5.97. The molecule has 0 fully saturated rings. The number of carbonyl (C=O) groups excluding carboxylic acids is 1. The highest BCUT2D eigenvalue weighted by atomic mass is 16.3. The minimum absolute atomic E-state index is 0.340. The Hall–Kier alpha value is -0.630. The van der Waals surface area contributed by atoms with Gasteiger partial charge >= 0.3 is 0 Å². The van der Waals surface area contributed by atoms with Gasteiger partial charge in [0.15, 0.2) is 5.78 Å². The Balaban J connectivity index is 3.84. The number of rotatable bonds is 2. The number of hydrogen-bond donors (Lipinski definition) is 1. The van der Waals surface area contributed by atoms with Crippen LogP contribution in [0, 0.1) is 6.92 Å². The molecule has 0 saturated carbocycles. The second-order valence-electron chi connectivity index (χ2n) is 1.66. The first-order chi connectivity index (χ1) is 3.55. The molecule has 0 bridgehead atoms. The van der Waals surface area contributed by atoms with Gasteiger partial charge in [-0.1, -0.05) is 6.58 Å². The molecular formula is C6H9O2. The number of aliphatic hydroxyl groups is 1. The average Bonchev–Trinajstić information content (AvgIpc) is 1.64. The van der Waals surface area contributed by atoms with Gasteiger partial charge in [0.1, 0.15) is 6.10 Å². The van der Waals surface area contributed by atoms with Gasteiger partial charge in [-0.3, -0.25) is 4.79 Å². The summed E-state index contributed by atoms with van der Waals surface area (Å²) in [5.41, 5.74) is 0.340. The average molecular weight is 113 g/mol. The van der Waals surface area contributed by atoms with Gasteiger partial charge in [-0.15, -0.1) is 0 Å². The first-order valence-electron chi connectivity index (χ1n) is 2.26. The molecule has 0 aliphatic rings. The molecule has 0 aromatic heterocycles. The van der Waals surface area contributed by atoms with Crippen molar-refractivity contribution >= 4 is 5.78 Å². The van der Waals surface area contributed by atoms with E-state index in [0.717, 1.165) is 0 Å². The molecule has 0 rings (SSSR count). The fraction of sp³-hybridized carbons (Fsp3) is 0.333. The molecule has 45 valence electrons. The maximum atomic E-state index is 10.4. The topological polar surface area (TPSA) is 37.3 Å². The molecule has 2 heteroatoms. The molecule has 0 heterocycles. The Bertz CT molecular complexity index is 114. The van der Waals surface area contributed by atoms with Gasteiger partial charge in [-0.25, -0.2) is 0 Å². The van der Waals surface area contributed by atoms with Crippen LogP contribution >= 0.6 is 0 Å². The predicted octanol–water partition coefficient (Wildman–Crippen LogP) is 0.327. The van der Waals surface area contributed by atoms with E-state index < -0.39 is 11.9 Å². The van der Waals surface area contributed by atoms with Crippen LogP contribution in [-0.2, 0) is 4.79 Å². The lowest BCUT2D eigenvalue weighted by Crippen LogP contribution is -2.16. The Morgan fingerprint density at radius 3 is 2.12 bits per heavy atom. The van der Waals surface area contributed by atoms with E-state index >= 15 is 0 Å². The minimum Gasteiger partial charge on any atom is -0.385 e. The summed E-state index contributed by atoms with van der Waals surface area (Å²) in [4.78, 5) is 10.4. The normalized spacial score (nSPS) is 12.9. The summed E-state index contributed by atoms with van der Waals surface area (Å²) in [5, 5.41) is 8.47. The van der Waals surface area contributed by atoms with Crippen LogP contribution in [0.1, 0.15) is 6.92 Å². The summed E-state index contributed by atoms with van der Waals surface area (Å²) in [7, 11) is 0. The van der Waals surface area contributed by atoms with Gasteiger partial charge in [0.2, 0.25) is 0 Å². The van der Waals surface area contributed by atoms with Gasteiger partial charge in [0.25, 0.3) is 0 Å². The van der Waals surface area contributed by atoms with Gasteiger partial charge in [0, 0.05) is 0 Å². The number of Topliss-reactive ketones (excluding diaryl/α,β-unsaturated/α-hetero) is 1. The molecule has 0 aliphatic heterocycles. The fourth-order valence-corrected chi connectivity index (χ4v) is 0.284. The molecule has 1 N–H and O–H groups in total. The number of aliphatic hydroxyl groups excluding tert-OH is 1. The second-order valence-corrected chi connectivity index (χ2v) is 1.66. The summed E-state index contributed by atoms with van der Waals surface area (Å²) in [5.74, 6) is -0.398. The van der Waals surface area contributed by atoms with Gasteiger partial charge in [-0.2, -0.15) is 0 Å². The summed E-state index contributed by atoms with van der Waals surface area (Å²) in [6.07, 6.45) is -1.15. The first kappa shape index (κ1) is 7.37. The maximum absolute atomic E-state index is 10.4. The van der Waals surface area contributed by atoms with E-state index in [1.165, 1.54) is 6.92 Å². The van der Waals surface area contributed by atoms with E-state index in [2.05, 4.69) is 13.5 Å². The molecule has 0 aromatic carbocycles. The summed E-state index contributed by atoms with van der Waals surface area (Å²) in [6, 6.07) is 0. The summed E-state index contributed by atoms with van der Waals surface area (Å²) in [6.45, 7) is 7.97. The van der Waals surface area contributed by atoms with Crippen LogP contribution in [-0.4, -0.2) is 17.0 Å². The third kappa shape index (κ3) is 1.89. The molecule has 0 aliphatic carbocycles. The number of carbonyl (C=O) groups is 1. The van der Waals surface area contributed by atoms with Crippen LogP contribution in [0.3, 0.4) is 0 Å². The van der Waals surface area contributed by atoms with Gasteiger partial charge in [0.05, 0.1) is 0 Å². The third-order valence-electron chi connectivity index (χ3n) is 0.723. The standard InChI is InChI=1S/C6H9O2/c1-4(2)6(8)5(3)7/h5,7H,1,3H2,2H3. The van der Waals surface area contributed by atoms with Gasteiger partial charge < -0.3 is 5.11 Å². The van der Waals surface area contributed by atoms with E-state index in [0.29, 0.717) is 5.57 Å². The van der Waals surface area contributed by atoms with E-state index in [1.54, 1.807) is 0 Å². The van der Waals surface area contributed by atoms with Crippen molar-refractivity contribution in [3.05, 3.63) is 19.1 Å². The minimum atomic E-state index is -1.15. The third-order valence-corrected chi connectivity index (χ3v) is 0.723. The largest absolute Gasteiger partial charge is 0.385 e. The number of hydrogen-bond acceptors (Lipinski definition) is 2. The molecule has 1 unspecified atom stereocenters. The van der Waals surface area contributed by atoms with Crippen molar-refractivity contribution in [3.8, 4) is 0 Å². The van der Waals surface area contributed by atoms with Crippen molar-refractivity contribution in [3.63, 3.8) is 0 Å². The fourth-order valence-electron chi connectivity index (χ4n) is 0.284. The molecule has 0 aromatic rings. The highest BCUT2D eigenvalue weighted by Gasteiger charge is 2.07. The maximum Gasteiger partial charge on any atom is 0.186 e. The quantitative estimate of drug-likeness (QED) is 0.524. The van der Waals surface area contributed by atoms with Crippen LogP contribution < -0.4 is 0 Å². The van der Waals surface area contributed by atoms with Crippen molar-refractivity contribution in [2.75, 3.05) is 0 Å². The number of ketones is 1. The van der Waals surface area contributed by atoms with Crippen LogP contribution in [0.25, 0.3) is 0 Å². The monoisotopic (exact) mass is 113 g/mol. The smallest absolute Gasteiger partial charge is 0.186 e. The summed E-state index contributed by atoms with van der Waals surface area (Å²) < 4.78 is 0. The molecule has 1 radical (unpaired) electrons. The highest BCUT2D eigenvalue weighted by Crippen LogP contribution is 1.93. The zero-order valence-electron chi connectivity index (χ0n) is 4.85. The van der Waals surface area contributed by atoms with Crippen LogP contribution in [0.2, 0.25) is 0 Å². The predicted molar refractivity (Wildman–Crippen MR) is 31.2 cm³/mol. The molecule has 1 atom stereocenters. The molecule has 0 spiro atoms. The molecule has 8 heavy (non-hydrogen) atoms. The molecular weight excluding hydrogens is 104 g/mol. The molecule has 0 amide bonds. The zero-order valence-corrected chi connectivity index (χ0v) is 4.85. The SMILES string of the molecule is [CH2]C(O)C(=O)C(=C)C. The summed E-state index contributed by atoms with van der Waals surface area (Å²) >= 11 is 0. The van der Waals surface area contributed by atoms with Crippen LogP contribution in [0.4, 0.5) is 0 Å². The zero-order chi connectivity index (χ0) is 6.73. The Morgan fingerprint density at radius 2 is 2.12 bits per heavy atom. The van der Waals surface area contributed by atoms with Crippen molar-refractivity contribution in [2.24, 2.45) is 0 Å². The lowest BCUT2D eigenvalue weighted by Gasteiger charge is -1.98.